The van der Waals surface area contributed by atoms with E-state index in [-0.39, 0.29) is 5.91 Å². The van der Waals surface area contributed by atoms with Crippen LogP contribution in [-0.4, -0.2) is 17.4 Å². The Morgan fingerprint density at radius 2 is 1.85 bits per heavy atom. The molecule has 0 aliphatic carbocycles. The van der Waals surface area contributed by atoms with Crippen LogP contribution in [0.4, 0.5) is 0 Å². The van der Waals surface area contributed by atoms with E-state index in [1.54, 1.807) is 11.8 Å². The Labute approximate surface area is 159 Å². The molecule has 1 heterocycles. The van der Waals surface area contributed by atoms with Crippen LogP contribution >= 0.6 is 11.8 Å². The molecule has 0 fully saturated rings. The first-order valence-corrected chi connectivity index (χ1v) is 9.97. The summed E-state index contributed by atoms with van der Waals surface area (Å²) in [6.07, 6.45) is 3.08. The van der Waals surface area contributed by atoms with Crippen LogP contribution in [0.25, 0.3) is 10.9 Å². The Hall–Kier alpha value is -2.33. The van der Waals surface area contributed by atoms with Gasteiger partial charge in [-0.25, -0.2) is 4.98 Å². The Kier molecular flexibility index (Phi) is 6.29. The van der Waals surface area contributed by atoms with E-state index in [0.29, 0.717) is 12.1 Å². The molecule has 1 aromatic heterocycles. The fraction of sp³-hybridized carbons (Fsp3) is 0.273. The van der Waals surface area contributed by atoms with Gasteiger partial charge in [0.2, 0.25) is 0 Å². The van der Waals surface area contributed by atoms with Gasteiger partial charge in [0.1, 0.15) is 5.03 Å². The fourth-order valence-corrected chi connectivity index (χ4v) is 3.61. The number of para-hydroxylation sites is 1. The molecule has 0 aliphatic heterocycles. The van der Waals surface area contributed by atoms with Crippen molar-refractivity contribution in [2.45, 2.75) is 43.0 Å². The quantitative estimate of drug-likeness (QED) is 0.565. The number of benzene rings is 2. The summed E-state index contributed by atoms with van der Waals surface area (Å²) >= 11 is 1.59. The number of rotatable bonds is 7. The van der Waals surface area contributed by atoms with E-state index in [9.17, 15) is 4.79 Å². The standard InChI is InChI=1S/C22H24N2OS/c1-3-5-14-23-22(25)19-15-21(24-20-9-7-6-8-18(19)20)26-17-12-10-16(4-2)11-13-17/h6-13,15H,3-5,14H2,1-2H3,(H,23,25). The van der Waals surface area contributed by atoms with Gasteiger partial charge in [0.25, 0.3) is 5.91 Å². The number of nitrogens with zero attached hydrogens (tertiary/aromatic N) is 1. The van der Waals surface area contributed by atoms with Gasteiger partial charge in [-0.2, -0.15) is 0 Å². The highest BCUT2D eigenvalue weighted by atomic mass is 32.2. The van der Waals surface area contributed by atoms with Crippen molar-refractivity contribution >= 4 is 28.6 Å². The average molecular weight is 365 g/mol. The largest absolute Gasteiger partial charge is 0.352 e. The number of amides is 1. The van der Waals surface area contributed by atoms with Gasteiger partial charge in [-0.05, 0) is 42.7 Å². The second-order valence-electron chi connectivity index (χ2n) is 6.23. The van der Waals surface area contributed by atoms with Gasteiger partial charge >= 0.3 is 0 Å². The molecule has 0 saturated heterocycles. The van der Waals surface area contributed by atoms with E-state index in [1.165, 1.54) is 5.56 Å². The third-order valence-corrected chi connectivity index (χ3v) is 5.23. The number of aromatic nitrogens is 1. The monoisotopic (exact) mass is 364 g/mol. The molecule has 0 atom stereocenters. The molecule has 0 saturated carbocycles. The van der Waals surface area contributed by atoms with Crippen molar-refractivity contribution in [1.82, 2.24) is 10.3 Å². The zero-order valence-corrected chi connectivity index (χ0v) is 16.1. The molecule has 1 amide bonds. The maximum absolute atomic E-state index is 12.7. The molecule has 3 rings (SSSR count). The van der Waals surface area contributed by atoms with Crippen molar-refractivity contribution < 1.29 is 4.79 Å². The van der Waals surface area contributed by atoms with Gasteiger partial charge in [-0.3, -0.25) is 4.79 Å². The van der Waals surface area contributed by atoms with E-state index in [1.807, 2.05) is 30.3 Å². The highest BCUT2D eigenvalue weighted by Crippen LogP contribution is 2.30. The lowest BCUT2D eigenvalue weighted by molar-refractivity contribution is 0.0954. The zero-order valence-electron chi connectivity index (χ0n) is 15.3. The molecule has 26 heavy (non-hydrogen) atoms. The molecule has 3 nitrogen and oxygen atoms in total. The summed E-state index contributed by atoms with van der Waals surface area (Å²) in [5.41, 5.74) is 2.86. The molecule has 0 aliphatic rings. The third-order valence-electron chi connectivity index (χ3n) is 4.31. The van der Waals surface area contributed by atoms with Crippen LogP contribution in [0.15, 0.2) is 64.5 Å². The van der Waals surface area contributed by atoms with Gasteiger partial charge < -0.3 is 5.32 Å². The minimum Gasteiger partial charge on any atom is -0.352 e. The maximum Gasteiger partial charge on any atom is 0.252 e. The van der Waals surface area contributed by atoms with Gasteiger partial charge in [0.05, 0.1) is 11.1 Å². The predicted molar refractivity (Wildman–Crippen MR) is 109 cm³/mol. The SMILES string of the molecule is CCCCNC(=O)c1cc(Sc2ccc(CC)cc2)nc2ccccc12. The first-order valence-electron chi connectivity index (χ1n) is 9.16. The Morgan fingerprint density at radius 3 is 2.58 bits per heavy atom. The number of carbonyl (C=O) groups is 1. The molecule has 134 valence electrons. The van der Waals surface area contributed by atoms with Crippen molar-refractivity contribution in [3.8, 4) is 0 Å². The summed E-state index contributed by atoms with van der Waals surface area (Å²) in [7, 11) is 0. The second kappa shape index (κ2) is 8.86. The van der Waals surface area contributed by atoms with Crippen LogP contribution in [0.3, 0.4) is 0 Å². The van der Waals surface area contributed by atoms with Gasteiger partial charge in [-0.1, -0.05) is 62.4 Å². The first kappa shape index (κ1) is 18.5. The number of nitrogens with one attached hydrogen (secondary N) is 1. The number of aryl methyl sites for hydroxylation is 1. The molecule has 4 heteroatoms. The Morgan fingerprint density at radius 1 is 1.08 bits per heavy atom. The van der Waals surface area contributed by atoms with Gasteiger partial charge in [0.15, 0.2) is 0 Å². The topological polar surface area (TPSA) is 42.0 Å². The minimum atomic E-state index is -0.0276. The van der Waals surface area contributed by atoms with Crippen molar-refractivity contribution in [3.63, 3.8) is 0 Å². The molecule has 2 aromatic carbocycles. The van der Waals surface area contributed by atoms with Crippen LogP contribution in [0.2, 0.25) is 0 Å². The van der Waals surface area contributed by atoms with Crippen LogP contribution < -0.4 is 5.32 Å². The van der Waals surface area contributed by atoms with Crippen LogP contribution in [0.1, 0.15) is 42.6 Å². The lowest BCUT2D eigenvalue weighted by Gasteiger charge is -2.10. The second-order valence-corrected chi connectivity index (χ2v) is 7.33. The van der Waals surface area contributed by atoms with Crippen LogP contribution in [-0.2, 0) is 6.42 Å². The van der Waals surface area contributed by atoms with Crippen molar-refractivity contribution in [2.24, 2.45) is 0 Å². The first-order chi connectivity index (χ1) is 12.7. The van der Waals surface area contributed by atoms with E-state index in [0.717, 1.165) is 40.1 Å². The normalized spacial score (nSPS) is 10.8. The summed E-state index contributed by atoms with van der Waals surface area (Å²) in [5.74, 6) is -0.0276. The minimum absolute atomic E-state index is 0.0276. The lowest BCUT2D eigenvalue weighted by Crippen LogP contribution is -2.24. The average Bonchev–Trinajstić information content (AvgIpc) is 2.68. The van der Waals surface area contributed by atoms with E-state index < -0.39 is 0 Å². The Bertz CT molecular complexity index is 890. The molecular formula is C22H24N2OS. The number of fused-ring (bicyclic) bond motifs is 1. The number of hydrogen-bond donors (Lipinski definition) is 1. The van der Waals surface area contributed by atoms with E-state index in [4.69, 9.17) is 4.98 Å². The summed E-state index contributed by atoms with van der Waals surface area (Å²) in [6, 6.07) is 18.2. The summed E-state index contributed by atoms with van der Waals surface area (Å²) in [6.45, 7) is 4.97. The molecule has 0 spiro atoms. The zero-order chi connectivity index (χ0) is 18.4. The third kappa shape index (κ3) is 4.44. The number of unbranched alkanes of at least 4 members (excludes halogenated alkanes) is 1. The van der Waals surface area contributed by atoms with Crippen LogP contribution in [0.5, 0.6) is 0 Å². The molecule has 1 N–H and O–H groups in total. The molecule has 0 bridgehead atoms. The van der Waals surface area contributed by atoms with Crippen molar-refractivity contribution in [1.29, 1.82) is 0 Å². The molecule has 0 radical (unpaired) electrons. The predicted octanol–water partition coefficient (Wildman–Crippen LogP) is 5.48. The Balaban J connectivity index is 1.91. The summed E-state index contributed by atoms with van der Waals surface area (Å²) < 4.78 is 0. The number of carbonyl (C=O) groups excluding carboxylic acids is 1. The summed E-state index contributed by atoms with van der Waals surface area (Å²) in [4.78, 5) is 18.5. The maximum atomic E-state index is 12.7. The lowest BCUT2D eigenvalue weighted by atomic mass is 10.1. The molecule has 3 aromatic rings. The van der Waals surface area contributed by atoms with Crippen molar-refractivity contribution in [3.05, 3.63) is 65.7 Å². The number of hydrogen-bond acceptors (Lipinski definition) is 3. The van der Waals surface area contributed by atoms with Crippen molar-refractivity contribution in [2.75, 3.05) is 6.54 Å². The van der Waals surface area contributed by atoms with Gasteiger partial charge in [-0.15, -0.1) is 0 Å². The van der Waals surface area contributed by atoms with Gasteiger partial charge in [0, 0.05) is 16.8 Å². The van der Waals surface area contributed by atoms with E-state index >= 15 is 0 Å². The highest BCUT2D eigenvalue weighted by molar-refractivity contribution is 7.99. The highest BCUT2D eigenvalue weighted by Gasteiger charge is 2.13. The number of pyridine rings is 1. The molecular weight excluding hydrogens is 340 g/mol. The smallest absolute Gasteiger partial charge is 0.252 e. The van der Waals surface area contributed by atoms with Crippen LogP contribution in [0, 0.1) is 0 Å². The summed E-state index contributed by atoms with van der Waals surface area (Å²) in [5, 5.41) is 4.76. The molecule has 0 unspecified atom stereocenters. The van der Waals surface area contributed by atoms with E-state index in [2.05, 4.69) is 43.4 Å². The fourth-order valence-electron chi connectivity index (χ4n) is 2.78.